The molecule has 0 spiro atoms. The average molecular weight is 455 g/mol. The van der Waals surface area contributed by atoms with Gasteiger partial charge in [0.15, 0.2) is 5.78 Å². The molecule has 1 amide bonds. The SMILES string of the molecule is CC(=O)C(=N)c1ccncc1NCC(=O)N1C(N)CCC1CNCC1(C)CC1(Cl)Cl. The number of carbonyl (C=O) groups is 2. The van der Waals surface area contributed by atoms with Crippen molar-refractivity contribution in [1.82, 2.24) is 15.2 Å². The molecule has 1 saturated carbocycles. The van der Waals surface area contributed by atoms with Gasteiger partial charge in [-0.15, -0.1) is 23.2 Å². The Morgan fingerprint density at radius 3 is 2.73 bits per heavy atom. The Bertz CT molecular complexity index is 848. The number of aromatic nitrogens is 1. The van der Waals surface area contributed by atoms with Crippen LogP contribution >= 0.6 is 23.2 Å². The van der Waals surface area contributed by atoms with Gasteiger partial charge < -0.3 is 21.3 Å². The number of pyridine rings is 1. The van der Waals surface area contributed by atoms with Crippen LogP contribution in [0.2, 0.25) is 0 Å². The summed E-state index contributed by atoms with van der Waals surface area (Å²) in [6.45, 7) is 4.67. The van der Waals surface area contributed by atoms with Crippen LogP contribution in [0.4, 0.5) is 5.69 Å². The lowest BCUT2D eigenvalue weighted by Gasteiger charge is -2.29. The molecule has 10 heteroatoms. The second kappa shape index (κ2) is 8.78. The number of halogens is 2. The molecule has 8 nitrogen and oxygen atoms in total. The third-order valence-corrected chi connectivity index (χ3v) is 7.15. The summed E-state index contributed by atoms with van der Waals surface area (Å²) in [5, 5.41) is 14.3. The van der Waals surface area contributed by atoms with Gasteiger partial charge in [0.05, 0.1) is 24.6 Å². The number of amides is 1. The molecule has 1 aliphatic heterocycles. The predicted octanol–water partition coefficient (Wildman–Crippen LogP) is 1.90. The van der Waals surface area contributed by atoms with Crippen molar-refractivity contribution >= 4 is 46.3 Å². The summed E-state index contributed by atoms with van der Waals surface area (Å²) in [5.74, 6) is -0.497. The van der Waals surface area contributed by atoms with Gasteiger partial charge in [0.25, 0.3) is 0 Å². The van der Waals surface area contributed by atoms with Crippen LogP contribution in [0.3, 0.4) is 0 Å². The first-order chi connectivity index (χ1) is 14.1. The number of likely N-dealkylation sites (tertiary alicyclic amines) is 1. The quantitative estimate of drug-likeness (QED) is 0.333. The Labute approximate surface area is 186 Å². The fourth-order valence-corrected chi connectivity index (χ4v) is 4.58. The molecule has 30 heavy (non-hydrogen) atoms. The van der Waals surface area contributed by atoms with Crippen molar-refractivity contribution in [2.45, 2.75) is 49.7 Å². The van der Waals surface area contributed by atoms with Crippen LogP contribution in [0, 0.1) is 10.8 Å². The van der Waals surface area contributed by atoms with E-state index in [9.17, 15) is 9.59 Å². The molecular formula is C20H28Cl2N6O2. The molecule has 1 aromatic rings. The molecule has 3 atom stereocenters. The summed E-state index contributed by atoms with van der Waals surface area (Å²) in [7, 11) is 0. The Kier molecular flexibility index (Phi) is 6.72. The number of Topliss-reactive ketones (excluding diaryl/α,β-unsaturated/α-hetero) is 1. The van der Waals surface area contributed by atoms with Gasteiger partial charge in [-0.05, 0) is 25.3 Å². The van der Waals surface area contributed by atoms with Crippen molar-refractivity contribution < 1.29 is 9.59 Å². The number of anilines is 1. The summed E-state index contributed by atoms with van der Waals surface area (Å²) < 4.78 is -0.680. The van der Waals surface area contributed by atoms with Gasteiger partial charge in [-0.3, -0.25) is 20.0 Å². The summed E-state index contributed by atoms with van der Waals surface area (Å²) in [6.07, 6.45) is 4.97. The van der Waals surface area contributed by atoms with E-state index in [1.807, 2.05) is 6.92 Å². The molecule has 164 valence electrons. The molecule has 0 aromatic carbocycles. The number of nitrogens with one attached hydrogen (secondary N) is 3. The Hall–Kier alpha value is -1.74. The van der Waals surface area contributed by atoms with E-state index in [-0.39, 0.29) is 41.6 Å². The van der Waals surface area contributed by atoms with Crippen LogP contribution in [0.25, 0.3) is 0 Å². The fraction of sp³-hybridized carbons (Fsp3) is 0.600. The number of nitrogens with two attached hydrogens (primary N) is 1. The Morgan fingerprint density at radius 2 is 2.10 bits per heavy atom. The lowest BCUT2D eigenvalue weighted by atomic mass is 10.1. The molecule has 5 N–H and O–H groups in total. The standard InChI is InChI=1S/C20H28Cl2N6O2/c1-12(29)18(24)14-5-6-25-8-15(14)27-9-17(30)28-13(3-4-16(28)23)7-26-11-19(2)10-20(19,21)22/h5-6,8,13,16,24,26-27H,3-4,7,9-11,23H2,1-2H3. The minimum Gasteiger partial charge on any atom is -0.374 e. The second-order valence-electron chi connectivity index (χ2n) is 8.38. The van der Waals surface area contributed by atoms with E-state index in [4.69, 9.17) is 34.3 Å². The van der Waals surface area contributed by atoms with E-state index in [2.05, 4.69) is 15.6 Å². The van der Waals surface area contributed by atoms with E-state index in [1.165, 1.54) is 19.3 Å². The number of rotatable bonds is 9. The van der Waals surface area contributed by atoms with Gasteiger partial charge in [-0.25, -0.2) is 0 Å². The number of alkyl halides is 2. The van der Waals surface area contributed by atoms with Crippen molar-refractivity contribution in [2.24, 2.45) is 11.1 Å². The molecule has 3 unspecified atom stereocenters. The monoisotopic (exact) mass is 454 g/mol. The smallest absolute Gasteiger partial charge is 0.243 e. The third kappa shape index (κ3) is 4.77. The van der Waals surface area contributed by atoms with Crippen molar-refractivity contribution in [3.05, 3.63) is 24.0 Å². The largest absolute Gasteiger partial charge is 0.374 e. The van der Waals surface area contributed by atoms with Gasteiger partial charge in [0.2, 0.25) is 5.91 Å². The summed E-state index contributed by atoms with van der Waals surface area (Å²) in [6, 6.07) is 1.57. The van der Waals surface area contributed by atoms with E-state index in [0.717, 1.165) is 19.3 Å². The van der Waals surface area contributed by atoms with Crippen molar-refractivity contribution in [2.75, 3.05) is 25.0 Å². The zero-order chi connectivity index (χ0) is 22.1. The molecule has 2 fully saturated rings. The molecule has 0 radical (unpaired) electrons. The van der Waals surface area contributed by atoms with E-state index in [0.29, 0.717) is 24.3 Å². The molecular weight excluding hydrogens is 427 g/mol. The molecule has 0 bridgehead atoms. The highest BCUT2D eigenvalue weighted by Crippen LogP contribution is 2.63. The Balaban J connectivity index is 1.57. The van der Waals surface area contributed by atoms with Crippen LogP contribution in [0.1, 0.15) is 38.7 Å². The number of hydrogen-bond acceptors (Lipinski definition) is 7. The minimum atomic E-state index is -0.680. The average Bonchev–Trinajstić information content (AvgIpc) is 2.99. The maximum Gasteiger partial charge on any atom is 0.243 e. The lowest BCUT2D eigenvalue weighted by Crippen LogP contribution is -2.51. The van der Waals surface area contributed by atoms with E-state index < -0.39 is 4.33 Å². The minimum absolute atomic E-state index is 0.00172. The van der Waals surface area contributed by atoms with Crippen LogP contribution in [-0.2, 0) is 9.59 Å². The zero-order valence-electron chi connectivity index (χ0n) is 17.2. The third-order valence-electron chi connectivity index (χ3n) is 5.97. The van der Waals surface area contributed by atoms with Crippen LogP contribution < -0.4 is 16.4 Å². The molecule has 2 aliphatic rings. The molecule has 3 rings (SSSR count). The highest BCUT2D eigenvalue weighted by Gasteiger charge is 2.62. The molecule has 1 saturated heterocycles. The summed E-state index contributed by atoms with van der Waals surface area (Å²) in [4.78, 5) is 30.2. The lowest BCUT2D eigenvalue weighted by molar-refractivity contribution is -0.132. The number of nitrogens with zero attached hydrogens (tertiary/aromatic N) is 2. The molecule has 1 aromatic heterocycles. The molecule has 1 aliphatic carbocycles. The first-order valence-electron chi connectivity index (χ1n) is 9.99. The van der Waals surface area contributed by atoms with Crippen molar-refractivity contribution in [3.63, 3.8) is 0 Å². The first kappa shape index (κ1) is 22.9. The van der Waals surface area contributed by atoms with Gasteiger partial charge in [-0.2, -0.15) is 0 Å². The first-order valence-corrected chi connectivity index (χ1v) is 10.7. The normalized spacial score (nSPS) is 27.0. The topological polar surface area (TPSA) is 124 Å². The van der Waals surface area contributed by atoms with Gasteiger partial charge in [0, 0.05) is 43.2 Å². The second-order valence-corrected chi connectivity index (χ2v) is 9.86. The van der Waals surface area contributed by atoms with Gasteiger partial charge in [0.1, 0.15) is 10.0 Å². The van der Waals surface area contributed by atoms with Crippen molar-refractivity contribution in [1.29, 1.82) is 5.41 Å². The van der Waals surface area contributed by atoms with Crippen LogP contribution in [-0.4, -0.2) is 63.5 Å². The number of carbonyl (C=O) groups excluding carboxylic acids is 2. The highest BCUT2D eigenvalue weighted by molar-refractivity contribution is 6.51. The van der Waals surface area contributed by atoms with Gasteiger partial charge >= 0.3 is 0 Å². The van der Waals surface area contributed by atoms with Crippen LogP contribution in [0.15, 0.2) is 18.5 Å². The van der Waals surface area contributed by atoms with Crippen molar-refractivity contribution in [3.8, 4) is 0 Å². The number of hydrogen-bond donors (Lipinski definition) is 4. The van der Waals surface area contributed by atoms with E-state index >= 15 is 0 Å². The summed E-state index contributed by atoms with van der Waals surface area (Å²) >= 11 is 12.4. The highest BCUT2D eigenvalue weighted by atomic mass is 35.5. The van der Waals surface area contributed by atoms with Crippen LogP contribution in [0.5, 0.6) is 0 Å². The fourth-order valence-electron chi connectivity index (χ4n) is 3.86. The van der Waals surface area contributed by atoms with E-state index in [1.54, 1.807) is 11.0 Å². The maximum absolute atomic E-state index is 12.9. The Morgan fingerprint density at radius 1 is 1.40 bits per heavy atom. The summed E-state index contributed by atoms with van der Waals surface area (Å²) in [5.41, 5.74) is 6.79. The zero-order valence-corrected chi connectivity index (χ0v) is 18.7. The molecule has 2 heterocycles. The number of ketones is 1. The predicted molar refractivity (Wildman–Crippen MR) is 118 cm³/mol. The van der Waals surface area contributed by atoms with Gasteiger partial charge in [-0.1, -0.05) is 6.92 Å². The maximum atomic E-state index is 12.9.